The Labute approximate surface area is 130 Å². The summed E-state index contributed by atoms with van der Waals surface area (Å²) in [6.07, 6.45) is 3.80. The average molecular weight is 299 g/mol. The maximum absolute atomic E-state index is 12.5. The molecular weight excluding hydrogens is 278 g/mol. The van der Waals surface area contributed by atoms with Crippen LogP contribution in [-0.4, -0.2) is 41.0 Å². The van der Waals surface area contributed by atoms with Gasteiger partial charge in [-0.3, -0.25) is 4.79 Å². The summed E-state index contributed by atoms with van der Waals surface area (Å²) in [5.74, 6) is -0.135. The third-order valence-electron chi connectivity index (χ3n) is 4.14. The van der Waals surface area contributed by atoms with E-state index in [-0.39, 0.29) is 5.91 Å². The molecule has 1 aromatic carbocycles. The predicted octanol–water partition coefficient (Wildman–Crippen LogP) is 1.79. The summed E-state index contributed by atoms with van der Waals surface area (Å²) >= 11 is 0. The van der Waals surface area contributed by atoms with Gasteiger partial charge in [0.25, 0.3) is 5.91 Å². The molecule has 0 saturated carbocycles. The zero-order chi connectivity index (χ0) is 15.5. The van der Waals surface area contributed by atoms with Crippen LogP contribution >= 0.6 is 0 Å². The van der Waals surface area contributed by atoms with Crippen molar-refractivity contribution in [3.63, 3.8) is 0 Å². The number of rotatable bonds is 3. The summed E-state index contributed by atoms with van der Waals surface area (Å²) in [5.41, 5.74) is 2.41. The molecule has 6 nitrogen and oxygen atoms in total. The Bertz CT molecular complexity index is 643. The molecule has 0 atom stereocenters. The number of carbonyl (C=O) groups excluding carboxylic acids is 1. The Hall–Kier alpha value is -2.21. The molecule has 3 rings (SSSR count). The van der Waals surface area contributed by atoms with E-state index in [0.717, 1.165) is 31.6 Å². The number of amides is 1. The first-order chi connectivity index (χ1) is 10.6. The van der Waals surface area contributed by atoms with Crippen molar-refractivity contribution in [2.75, 3.05) is 25.0 Å². The van der Waals surface area contributed by atoms with Gasteiger partial charge in [-0.25, -0.2) is 4.68 Å². The Kier molecular flexibility index (Phi) is 4.20. The molecule has 116 valence electrons. The topological polar surface area (TPSA) is 63.1 Å². The molecule has 1 aliphatic rings. The zero-order valence-electron chi connectivity index (χ0n) is 13.0. The standard InChI is InChI=1S/C16H21N5O/c1-12-3-5-13(6-4-12)20(2)16(22)15-11-21(19-18-15)14-7-9-17-10-8-14/h3-6,11,14,17H,7-10H2,1-2H3. The quantitative estimate of drug-likeness (QED) is 0.938. The van der Waals surface area contributed by atoms with Gasteiger partial charge < -0.3 is 10.2 Å². The minimum absolute atomic E-state index is 0.135. The van der Waals surface area contributed by atoms with Gasteiger partial charge in [0.2, 0.25) is 0 Å². The number of aromatic nitrogens is 3. The van der Waals surface area contributed by atoms with Crippen molar-refractivity contribution in [2.24, 2.45) is 0 Å². The number of nitrogens with zero attached hydrogens (tertiary/aromatic N) is 4. The fraction of sp³-hybridized carbons (Fsp3) is 0.438. The minimum Gasteiger partial charge on any atom is -0.317 e. The molecule has 6 heteroatoms. The number of piperidine rings is 1. The summed E-state index contributed by atoms with van der Waals surface area (Å²) in [5, 5.41) is 11.5. The average Bonchev–Trinajstić information content (AvgIpc) is 3.05. The lowest BCUT2D eigenvalue weighted by Gasteiger charge is -2.22. The van der Waals surface area contributed by atoms with Crippen LogP contribution in [0.4, 0.5) is 5.69 Å². The molecule has 2 heterocycles. The van der Waals surface area contributed by atoms with E-state index in [2.05, 4.69) is 15.6 Å². The number of anilines is 1. The van der Waals surface area contributed by atoms with E-state index in [1.54, 1.807) is 18.1 Å². The highest BCUT2D eigenvalue weighted by Crippen LogP contribution is 2.19. The van der Waals surface area contributed by atoms with Gasteiger partial charge in [-0.2, -0.15) is 0 Å². The molecule has 0 unspecified atom stereocenters. The number of carbonyl (C=O) groups is 1. The van der Waals surface area contributed by atoms with E-state index < -0.39 is 0 Å². The summed E-state index contributed by atoms with van der Waals surface area (Å²) in [4.78, 5) is 14.1. The van der Waals surface area contributed by atoms with Gasteiger partial charge in [0.05, 0.1) is 12.2 Å². The number of benzene rings is 1. The molecule has 0 bridgehead atoms. The first kappa shape index (κ1) is 14.7. The summed E-state index contributed by atoms with van der Waals surface area (Å²) < 4.78 is 1.83. The third kappa shape index (κ3) is 3.01. The van der Waals surface area contributed by atoms with Crippen LogP contribution in [0.3, 0.4) is 0 Å². The van der Waals surface area contributed by atoms with Crippen molar-refractivity contribution in [1.29, 1.82) is 0 Å². The van der Waals surface area contributed by atoms with Crippen LogP contribution in [0.2, 0.25) is 0 Å². The molecular formula is C16H21N5O. The van der Waals surface area contributed by atoms with Crippen molar-refractivity contribution in [3.8, 4) is 0 Å². The van der Waals surface area contributed by atoms with E-state index in [1.807, 2.05) is 35.9 Å². The van der Waals surface area contributed by atoms with E-state index in [9.17, 15) is 4.79 Å². The van der Waals surface area contributed by atoms with Crippen molar-refractivity contribution >= 4 is 11.6 Å². The highest BCUT2D eigenvalue weighted by Gasteiger charge is 2.21. The lowest BCUT2D eigenvalue weighted by molar-refractivity contribution is 0.0988. The second-order valence-electron chi connectivity index (χ2n) is 5.76. The van der Waals surface area contributed by atoms with E-state index in [1.165, 1.54) is 5.56 Å². The Morgan fingerprint density at radius 2 is 1.95 bits per heavy atom. The molecule has 1 saturated heterocycles. The van der Waals surface area contributed by atoms with E-state index in [4.69, 9.17) is 0 Å². The molecule has 1 aromatic heterocycles. The summed E-state index contributed by atoms with van der Waals surface area (Å²) in [6, 6.07) is 8.19. The van der Waals surface area contributed by atoms with Gasteiger partial charge >= 0.3 is 0 Å². The highest BCUT2D eigenvalue weighted by molar-refractivity contribution is 6.04. The van der Waals surface area contributed by atoms with Crippen LogP contribution in [0, 0.1) is 6.92 Å². The highest BCUT2D eigenvalue weighted by atomic mass is 16.2. The van der Waals surface area contributed by atoms with Crippen LogP contribution in [-0.2, 0) is 0 Å². The molecule has 0 radical (unpaired) electrons. The van der Waals surface area contributed by atoms with Gasteiger partial charge in [-0.15, -0.1) is 5.10 Å². The van der Waals surface area contributed by atoms with Gasteiger partial charge in [0.1, 0.15) is 0 Å². The second-order valence-corrected chi connectivity index (χ2v) is 5.76. The Morgan fingerprint density at radius 1 is 1.27 bits per heavy atom. The number of aryl methyl sites for hydroxylation is 1. The largest absolute Gasteiger partial charge is 0.317 e. The molecule has 22 heavy (non-hydrogen) atoms. The van der Waals surface area contributed by atoms with Crippen molar-refractivity contribution in [3.05, 3.63) is 41.7 Å². The third-order valence-corrected chi connectivity index (χ3v) is 4.14. The Morgan fingerprint density at radius 3 is 2.64 bits per heavy atom. The molecule has 1 fully saturated rings. The van der Waals surface area contributed by atoms with Gasteiger partial charge in [-0.05, 0) is 45.0 Å². The lowest BCUT2D eigenvalue weighted by Crippen LogP contribution is -2.29. The first-order valence-corrected chi connectivity index (χ1v) is 7.62. The van der Waals surface area contributed by atoms with Gasteiger partial charge in [0.15, 0.2) is 5.69 Å². The predicted molar refractivity (Wildman–Crippen MR) is 85.1 cm³/mol. The van der Waals surface area contributed by atoms with Crippen molar-refractivity contribution in [2.45, 2.75) is 25.8 Å². The van der Waals surface area contributed by atoms with Gasteiger partial charge in [0, 0.05) is 12.7 Å². The smallest absolute Gasteiger partial charge is 0.280 e. The normalized spacial score (nSPS) is 15.7. The molecule has 1 aliphatic heterocycles. The molecule has 2 aromatic rings. The maximum Gasteiger partial charge on any atom is 0.280 e. The number of nitrogens with one attached hydrogen (secondary N) is 1. The fourth-order valence-corrected chi connectivity index (χ4v) is 2.68. The van der Waals surface area contributed by atoms with Crippen LogP contribution < -0.4 is 10.2 Å². The lowest BCUT2D eigenvalue weighted by atomic mass is 10.1. The van der Waals surface area contributed by atoms with Crippen molar-refractivity contribution < 1.29 is 4.79 Å². The van der Waals surface area contributed by atoms with Crippen LogP contribution in [0.25, 0.3) is 0 Å². The first-order valence-electron chi connectivity index (χ1n) is 7.62. The second kappa shape index (κ2) is 6.27. The fourth-order valence-electron chi connectivity index (χ4n) is 2.68. The van der Waals surface area contributed by atoms with Crippen LogP contribution in [0.1, 0.15) is 34.9 Å². The van der Waals surface area contributed by atoms with Gasteiger partial charge in [-0.1, -0.05) is 22.9 Å². The molecule has 0 aliphatic carbocycles. The van der Waals surface area contributed by atoms with Crippen LogP contribution in [0.5, 0.6) is 0 Å². The summed E-state index contributed by atoms with van der Waals surface area (Å²) in [7, 11) is 1.76. The zero-order valence-corrected chi connectivity index (χ0v) is 13.0. The van der Waals surface area contributed by atoms with Crippen molar-refractivity contribution in [1.82, 2.24) is 20.3 Å². The number of hydrogen-bond donors (Lipinski definition) is 1. The molecule has 1 amide bonds. The maximum atomic E-state index is 12.5. The Balaban J connectivity index is 1.74. The molecule has 0 spiro atoms. The molecule has 1 N–H and O–H groups in total. The number of hydrogen-bond acceptors (Lipinski definition) is 4. The van der Waals surface area contributed by atoms with E-state index >= 15 is 0 Å². The summed E-state index contributed by atoms with van der Waals surface area (Å²) in [6.45, 7) is 3.99. The van der Waals surface area contributed by atoms with Crippen LogP contribution in [0.15, 0.2) is 30.5 Å². The minimum atomic E-state index is -0.135. The monoisotopic (exact) mass is 299 g/mol. The SMILES string of the molecule is Cc1ccc(N(C)C(=O)c2cn(C3CCNCC3)nn2)cc1. The van der Waals surface area contributed by atoms with E-state index in [0.29, 0.717) is 11.7 Å².